The highest BCUT2D eigenvalue weighted by Crippen LogP contribution is 2.28. The van der Waals surface area contributed by atoms with E-state index in [9.17, 15) is 32.7 Å². The Kier molecular flexibility index (Phi) is 8.51. The molecule has 38 heavy (non-hydrogen) atoms. The lowest BCUT2D eigenvalue weighted by atomic mass is 9.87. The number of benzene rings is 1. The van der Waals surface area contributed by atoms with Crippen molar-refractivity contribution in [3.63, 3.8) is 0 Å². The van der Waals surface area contributed by atoms with Gasteiger partial charge in [0.2, 0.25) is 15.9 Å². The van der Waals surface area contributed by atoms with Crippen LogP contribution in [0.5, 0.6) is 0 Å². The Labute approximate surface area is 221 Å². The van der Waals surface area contributed by atoms with Crippen molar-refractivity contribution < 1.29 is 32.7 Å². The average Bonchev–Trinajstić information content (AvgIpc) is 3.32. The predicted molar refractivity (Wildman–Crippen MR) is 140 cm³/mol. The Morgan fingerprint density at radius 3 is 2.37 bits per heavy atom. The third-order valence-electron chi connectivity index (χ3n) is 7.56. The van der Waals surface area contributed by atoms with Gasteiger partial charge in [0.15, 0.2) is 0 Å². The zero-order valence-electron chi connectivity index (χ0n) is 21.4. The molecule has 11 nitrogen and oxygen atoms in total. The van der Waals surface area contributed by atoms with Crippen LogP contribution >= 0.6 is 0 Å². The van der Waals surface area contributed by atoms with Gasteiger partial charge in [-0.2, -0.15) is 0 Å². The van der Waals surface area contributed by atoms with Crippen molar-refractivity contribution in [2.75, 3.05) is 25.9 Å². The van der Waals surface area contributed by atoms with E-state index < -0.39 is 52.1 Å². The number of hydrogen-bond acceptors (Lipinski definition) is 6. The van der Waals surface area contributed by atoms with Crippen molar-refractivity contribution in [3.05, 3.63) is 36.0 Å². The molecule has 2 aliphatic rings. The van der Waals surface area contributed by atoms with Gasteiger partial charge < -0.3 is 20.3 Å². The molecule has 1 aromatic heterocycles. The number of rotatable bonds is 9. The smallest absolute Gasteiger partial charge is 0.323 e. The molecule has 1 aliphatic heterocycles. The fraction of sp³-hybridized carbons (Fsp3) is 0.538. The maximum absolute atomic E-state index is 13.7. The Morgan fingerprint density at radius 1 is 1.08 bits per heavy atom. The number of Topliss-reactive ketones (excluding diaryl/α,β-unsaturated/α-hetero) is 1. The Balaban J connectivity index is 1.66. The number of H-pyrrole nitrogens is 1. The summed E-state index contributed by atoms with van der Waals surface area (Å²) in [7, 11) is -3.44. The van der Waals surface area contributed by atoms with E-state index in [-0.39, 0.29) is 37.5 Å². The normalized spacial score (nSPS) is 18.7. The van der Waals surface area contributed by atoms with Crippen LogP contribution in [0.1, 0.15) is 55.3 Å². The molecule has 206 valence electrons. The minimum absolute atomic E-state index is 0.0963. The molecule has 4 rings (SSSR count). The van der Waals surface area contributed by atoms with Crippen molar-refractivity contribution in [2.45, 2.75) is 57.0 Å². The van der Waals surface area contributed by atoms with Gasteiger partial charge >= 0.3 is 5.97 Å². The maximum atomic E-state index is 13.7. The largest absolute Gasteiger partial charge is 0.480 e. The van der Waals surface area contributed by atoms with Crippen LogP contribution < -0.4 is 5.32 Å². The summed E-state index contributed by atoms with van der Waals surface area (Å²) in [5.74, 6) is -4.36. The van der Waals surface area contributed by atoms with E-state index in [0.29, 0.717) is 10.9 Å². The summed E-state index contributed by atoms with van der Waals surface area (Å²) in [5.41, 5.74) is 0.743. The third-order valence-corrected chi connectivity index (χ3v) is 8.87. The molecule has 1 unspecified atom stereocenters. The van der Waals surface area contributed by atoms with Gasteiger partial charge in [-0.1, -0.05) is 37.5 Å². The van der Waals surface area contributed by atoms with E-state index in [4.69, 9.17) is 0 Å². The number of carboxylic acids is 1. The van der Waals surface area contributed by atoms with Crippen LogP contribution in [-0.2, 0) is 24.4 Å². The van der Waals surface area contributed by atoms with Gasteiger partial charge in [0, 0.05) is 36.2 Å². The molecule has 1 aromatic carbocycles. The molecule has 0 radical (unpaired) electrons. The van der Waals surface area contributed by atoms with Crippen LogP contribution in [0.25, 0.3) is 10.9 Å². The van der Waals surface area contributed by atoms with Crippen LogP contribution in [0, 0.1) is 5.92 Å². The summed E-state index contributed by atoms with van der Waals surface area (Å²) in [6.07, 6.45) is 7.58. The fourth-order valence-corrected chi connectivity index (χ4v) is 6.49. The second kappa shape index (κ2) is 11.6. The Hall–Kier alpha value is -3.25. The van der Waals surface area contributed by atoms with Crippen molar-refractivity contribution in [3.8, 4) is 0 Å². The number of aliphatic carboxylic acids is 1. The highest BCUT2D eigenvalue weighted by atomic mass is 32.2. The van der Waals surface area contributed by atoms with Crippen molar-refractivity contribution in [1.29, 1.82) is 0 Å². The molecule has 1 saturated heterocycles. The van der Waals surface area contributed by atoms with Crippen molar-refractivity contribution in [1.82, 2.24) is 19.5 Å². The molecular formula is C26H34N4O7S. The summed E-state index contributed by atoms with van der Waals surface area (Å²) in [4.78, 5) is 56.4. The predicted octanol–water partition coefficient (Wildman–Crippen LogP) is 1.75. The summed E-state index contributed by atoms with van der Waals surface area (Å²) < 4.78 is 25.4. The van der Waals surface area contributed by atoms with Gasteiger partial charge in [0.1, 0.15) is 12.6 Å². The van der Waals surface area contributed by atoms with Crippen LogP contribution in [-0.4, -0.2) is 89.3 Å². The van der Waals surface area contributed by atoms with Crippen LogP contribution in [0.2, 0.25) is 0 Å². The third kappa shape index (κ3) is 6.24. The van der Waals surface area contributed by atoms with Gasteiger partial charge in [0.25, 0.3) is 11.7 Å². The molecule has 1 saturated carbocycles. The number of amides is 2. The number of hydrogen-bond donors (Lipinski definition) is 3. The number of piperidine rings is 1. The molecule has 3 N–H and O–H groups in total. The number of fused-ring (bicyclic) bond motifs is 1. The van der Waals surface area contributed by atoms with E-state index in [1.165, 1.54) is 10.5 Å². The highest BCUT2D eigenvalue weighted by molar-refractivity contribution is 7.88. The van der Waals surface area contributed by atoms with Crippen LogP contribution in [0.3, 0.4) is 0 Å². The summed E-state index contributed by atoms with van der Waals surface area (Å²) >= 11 is 0. The first-order chi connectivity index (χ1) is 18.1. The number of aromatic amines is 1. The number of carboxylic acid groups (broad SMARTS) is 1. The van der Waals surface area contributed by atoms with E-state index in [0.717, 1.165) is 43.3 Å². The highest BCUT2D eigenvalue weighted by Gasteiger charge is 2.42. The Morgan fingerprint density at radius 2 is 1.74 bits per heavy atom. The van der Waals surface area contributed by atoms with E-state index in [1.54, 1.807) is 24.3 Å². The minimum atomic E-state index is -3.44. The Bertz CT molecular complexity index is 1310. The minimum Gasteiger partial charge on any atom is -0.480 e. The van der Waals surface area contributed by atoms with Gasteiger partial charge in [-0.15, -0.1) is 0 Å². The lowest BCUT2D eigenvalue weighted by Crippen LogP contribution is -2.59. The number of aromatic nitrogens is 1. The molecular weight excluding hydrogens is 512 g/mol. The maximum Gasteiger partial charge on any atom is 0.323 e. The monoisotopic (exact) mass is 546 g/mol. The van der Waals surface area contributed by atoms with Crippen LogP contribution in [0.4, 0.5) is 0 Å². The van der Waals surface area contributed by atoms with E-state index in [1.807, 2.05) is 0 Å². The summed E-state index contributed by atoms with van der Waals surface area (Å²) in [6, 6.07) is 5.61. The zero-order valence-corrected chi connectivity index (χ0v) is 22.2. The molecule has 2 heterocycles. The first-order valence-corrected chi connectivity index (χ1v) is 14.8. The molecule has 12 heteroatoms. The van der Waals surface area contributed by atoms with Gasteiger partial charge in [0.05, 0.1) is 11.8 Å². The topological polar surface area (TPSA) is 157 Å². The van der Waals surface area contributed by atoms with Crippen molar-refractivity contribution in [2.24, 2.45) is 5.92 Å². The number of carbonyl (C=O) groups excluding carboxylic acids is 3. The average molecular weight is 547 g/mol. The number of carbonyl (C=O) groups is 4. The van der Waals surface area contributed by atoms with Gasteiger partial charge in [-0.25, -0.2) is 12.7 Å². The molecule has 0 spiro atoms. The number of nitrogens with one attached hydrogen (secondary N) is 2. The van der Waals surface area contributed by atoms with Crippen LogP contribution in [0.15, 0.2) is 30.5 Å². The number of ketones is 1. The lowest BCUT2D eigenvalue weighted by Gasteiger charge is -2.39. The number of para-hydroxylation sites is 1. The molecule has 2 amide bonds. The first kappa shape index (κ1) is 27.8. The summed E-state index contributed by atoms with van der Waals surface area (Å²) in [6.45, 7) is -0.549. The molecule has 1 atom stereocenters. The second-order valence-electron chi connectivity index (χ2n) is 10.2. The number of nitrogens with zero attached hydrogens (tertiary/aromatic N) is 2. The molecule has 2 fully saturated rings. The van der Waals surface area contributed by atoms with Crippen molar-refractivity contribution >= 4 is 44.5 Å². The quantitative estimate of drug-likeness (QED) is 0.319. The van der Waals surface area contributed by atoms with Gasteiger partial charge in [-0.3, -0.25) is 19.2 Å². The molecule has 1 aliphatic carbocycles. The second-order valence-corrected chi connectivity index (χ2v) is 12.2. The standard InChI is InChI=1S/C26H34N4O7S/c1-38(36,37)29-13-11-17(12-14-29)23(25(34)28-18-7-3-2-4-8-18)30(16-22(31)32)26(35)24(33)20-15-27-21-10-6-5-9-19(20)21/h5-6,9-10,15,17-18,23,27H,2-4,7-8,11-14,16H2,1H3,(H,28,34)(H,31,32). The number of sulfonamides is 1. The van der Waals surface area contributed by atoms with E-state index >= 15 is 0 Å². The van der Waals surface area contributed by atoms with Gasteiger partial charge in [-0.05, 0) is 37.7 Å². The first-order valence-electron chi connectivity index (χ1n) is 12.9. The van der Waals surface area contributed by atoms with E-state index in [2.05, 4.69) is 10.3 Å². The molecule has 2 aromatic rings. The lowest BCUT2D eigenvalue weighted by molar-refractivity contribution is -0.148. The molecule has 0 bridgehead atoms. The zero-order chi connectivity index (χ0) is 27.4. The summed E-state index contributed by atoms with van der Waals surface area (Å²) in [5, 5.41) is 13.2. The fourth-order valence-electron chi connectivity index (χ4n) is 5.61. The SMILES string of the molecule is CS(=O)(=O)N1CCC(C(C(=O)NC2CCCCC2)N(CC(=O)O)C(=O)C(=O)c2c[nH]c3ccccc23)CC1.